The molecule has 152 valence electrons. The van der Waals surface area contributed by atoms with Crippen LogP contribution >= 0.6 is 0 Å². The van der Waals surface area contributed by atoms with Gasteiger partial charge in [0.15, 0.2) is 0 Å². The maximum Gasteiger partial charge on any atom is 0.251 e. The van der Waals surface area contributed by atoms with E-state index < -0.39 is 0 Å². The van der Waals surface area contributed by atoms with Gasteiger partial charge < -0.3 is 5.32 Å². The number of benzene rings is 1. The molecule has 0 spiro atoms. The Hall–Kier alpha value is -3.61. The quantitative estimate of drug-likeness (QED) is 0.556. The number of amides is 1. The van der Waals surface area contributed by atoms with E-state index in [9.17, 15) is 4.79 Å². The zero-order chi connectivity index (χ0) is 21.3. The molecule has 1 amide bonds. The minimum atomic E-state index is -0.0600. The second kappa shape index (κ2) is 8.02. The molecule has 0 saturated carbocycles. The lowest BCUT2D eigenvalue weighted by Crippen LogP contribution is -2.25. The molecule has 1 aromatic carbocycles. The molecule has 7 heteroatoms. The van der Waals surface area contributed by atoms with Gasteiger partial charge in [-0.3, -0.25) is 9.78 Å². The fourth-order valence-corrected chi connectivity index (χ4v) is 3.56. The van der Waals surface area contributed by atoms with Gasteiger partial charge in [-0.25, -0.2) is 14.6 Å². The van der Waals surface area contributed by atoms with E-state index in [0.29, 0.717) is 12.5 Å². The SMILES string of the molecule is Cc1cc(C)nc(-n2nc(C)c(CC(=O)NCc3cnc4ccccc4c3)c2C)n1. The molecule has 0 radical (unpaired) electrons. The van der Waals surface area contributed by atoms with Crippen LogP contribution in [0.3, 0.4) is 0 Å². The van der Waals surface area contributed by atoms with Gasteiger partial charge in [-0.2, -0.15) is 5.10 Å². The van der Waals surface area contributed by atoms with Crippen molar-refractivity contribution < 1.29 is 4.79 Å². The van der Waals surface area contributed by atoms with Crippen LogP contribution in [0.4, 0.5) is 0 Å². The van der Waals surface area contributed by atoms with Crippen molar-refractivity contribution in [1.29, 1.82) is 0 Å². The number of hydrogen-bond donors (Lipinski definition) is 1. The van der Waals surface area contributed by atoms with E-state index in [2.05, 4.69) is 31.4 Å². The first kappa shape index (κ1) is 19.7. The third-order valence-corrected chi connectivity index (χ3v) is 5.08. The largest absolute Gasteiger partial charge is 0.352 e. The predicted molar refractivity (Wildman–Crippen MR) is 115 cm³/mol. The summed E-state index contributed by atoms with van der Waals surface area (Å²) in [5.41, 5.74) is 6.25. The molecule has 0 bridgehead atoms. The van der Waals surface area contributed by atoms with Crippen molar-refractivity contribution in [1.82, 2.24) is 30.0 Å². The number of aryl methyl sites for hydroxylation is 3. The van der Waals surface area contributed by atoms with Crippen molar-refractivity contribution in [3.8, 4) is 5.95 Å². The molecular weight excluding hydrogens is 376 g/mol. The number of pyridine rings is 1. The summed E-state index contributed by atoms with van der Waals surface area (Å²) in [6, 6.07) is 11.9. The lowest BCUT2D eigenvalue weighted by atomic mass is 10.1. The molecule has 3 aromatic heterocycles. The summed E-state index contributed by atoms with van der Waals surface area (Å²) in [6.07, 6.45) is 2.05. The molecule has 0 fully saturated rings. The van der Waals surface area contributed by atoms with Gasteiger partial charge in [0.1, 0.15) is 0 Å². The van der Waals surface area contributed by atoms with E-state index in [4.69, 9.17) is 0 Å². The average Bonchev–Trinajstić information content (AvgIpc) is 2.99. The smallest absolute Gasteiger partial charge is 0.251 e. The van der Waals surface area contributed by atoms with Crippen molar-refractivity contribution in [3.05, 3.63) is 76.5 Å². The zero-order valence-corrected chi connectivity index (χ0v) is 17.6. The Kier molecular flexibility index (Phi) is 5.27. The van der Waals surface area contributed by atoms with Gasteiger partial charge in [0.25, 0.3) is 5.95 Å². The van der Waals surface area contributed by atoms with Crippen LogP contribution in [0.2, 0.25) is 0 Å². The molecule has 0 aliphatic rings. The molecular formula is C23H24N6O. The zero-order valence-electron chi connectivity index (χ0n) is 17.6. The van der Waals surface area contributed by atoms with Crippen LogP contribution in [0.5, 0.6) is 0 Å². The normalized spacial score (nSPS) is 11.1. The highest BCUT2D eigenvalue weighted by molar-refractivity contribution is 5.80. The summed E-state index contributed by atoms with van der Waals surface area (Å²) in [4.78, 5) is 26.0. The van der Waals surface area contributed by atoms with E-state index in [1.54, 1.807) is 10.9 Å². The van der Waals surface area contributed by atoms with Crippen LogP contribution in [0.15, 0.2) is 42.6 Å². The number of nitrogens with zero attached hydrogens (tertiary/aromatic N) is 5. The number of rotatable bonds is 5. The first-order valence-corrected chi connectivity index (χ1v) is 9.89. The minimum Gasteiger partial charge on any atom is -0.352 e. The lowest BCUT2D eigenvalue weighted by Gasteiger charge is -2.08. The minimum absolute atomic E-state index is 0.0600. The highest BCUT2D eigenvalue weighted by Gasteiger charge is 2.17. The van der Waals surface area contributed by atoms with Crippen molar-refractivity contribution >= 4 is 16.8 Å². The Balaban J connectivity index is 1.48. The Morgan fingerprint density at radius 2 is 1.77 bits per heavy atom. The van der Waals surface area contributed by atoms with Gasteiger partial charge >= 0.3 is 0 Å². The van der Waals surface area contributed by atoms with E-state index in [1.165, 1.54) is 0 Å². The molecule has 0 aliphatic heterocycles. The summed E-state index contributed by atoms with van der Waals surface area (Å²) in [5.74, 6) is 0.470. The van der Waals surface area contributed by atoms with Gasteiger partial charge in [-0.15, -0.1) is 0 Å². The highest BCUT2D eigenvalue weighted by Crippen LogP contribution is 2.17. The predicted octanol–water partition coefficient (Wildman–Crippen LogP) is 3.30. The number of fused-ring (bicyclic) bond motifs is 1. The van der Waals surface area contributed by atoms with E-state index in [1.807, 2.05) is 58.0 Å². The third-order valence-electron chi connectivity index (χ3n) is 5.08. The Bertz CT molecular complexity index is 1220. The number of carbonyl (C=O) groups excluding carboxylic acids is 1. The van der Waals surface area contributed by atoms with E-state index >= 15 is 0 Å². The van der Waals surface area contributed by atoms with Crippen LogP contribution < -0.4 is 5.32 Å². The number of nitrogens with one attached hydrogen (secondary N) is 1. The Morgan fingerprint density at radius 3 is 2.53 bits per heavy atom. The van der Waals surface area contributed by atoms with Crippen LogP contribution in [-0.2, 0) is 17.8 Å². The summed E-state index contributed by atoms with van der Waals surface area (Å²) >= 11 is 0. The average molecular weight is 400 g/mol. The van der Waals surface area contributed by atoms with Crippen LogP contribution in [0.25, 0.3) is 16.9 Å². The van der Waals surface area contributed by atoms with Crippen LogP contribution in [0.1, 0.15) is 33.9 Å². The van der Waals surface area contributed by atoms with Gasteiger partial charge in [0.2, 0.25) is 5.91 Å². The van der Waals surface area contributed by atoms with Crippen LogP contribution in [0, 0.1) is 27.7 Å². The van der Waals surface area contributed by atoms with E-state index in [-0.39, 0.29) is 12.3 Å². The highest BCUT2D eigenvalue weighted by atomic mass is 16.1. The summed E-state index contributed by atoms with van der Waals surface area (Å²) in [5, 5.41) is 8.62. The number of aromatic nitrogens is 5. The number of hydrogen-bond acceptors (Lipinski definition) is 5. The van der Waals surface area contributed by atoms with Gasteiger partial charge in [0, 0.05) is 40.8 Å². The Labute approximate surface area is 175 Å². The van der Waals surface area contributed by atoms with Crippen molar-refractivity contribution in [2.45, 2.75) is 40.7 Å². The van der Waals surface area contributed by atoms with Crippen molar-refractivity contribution in [2.24, 2.45) is 0 Å². The van der Waals surface area contributed by atoms with Gasteiger partial charge in [-0.1, -0.05) is 18.2 Å². The fourth-order valence-electron chi connectivity index (χ4n) is 3.56. The molecule has 30 heavy (non-hydrogen) atoms. The number of carbonyl (C=O) groups is 1. The standard InChI is InChI=1S/C23H24N6O/c1-14-9-15(2)27-23(26-14)29-17(4)20(16(3)28-29)11-22(30)25-13-18-10-19-7-5-6-8-21(19)24-12-18/h5-10,12H,11,13H2,1-4H3,(H,25,30). The molecule has 4 rings (SSSR count). The second-order valence-corrected chi connectivity index (χ2v) is 7.50. The maximum atomic E-state index is 12.6. The lowest BCUT2D eigenvalue weighted by molar-refractivity contribution is -0.120. The van der Waals surface area contributed by atoms with Crippen molar-refractivity contribution in [3.63, 3.8) is 0 Å². The molecule has 3 heterocycles. The summed E-state index contributed by atoms with van der Waals surface area (Å²) in [6.45, 7) is 8.14. The summed E-state index contributed by atoms with van der Waals surface area (Å²) < 4.78 is 1.71. The van der Waals surface area contributed by atoms with Crippen LogP contribution in [-0.4, -0.2) is 30.6 Å². The molecule has 7 nitrogen and oxygen atoms in total. The first-order chi connectivity index (χ1) is 14.4. The first-order valence-electron chi connectivity index (χ1n) is 9.89. The second-order valence-electron chi connectivity index (χ2n) is 7.50. The summed E-state index contributed by atoms with van der Waals surface area (Å²) in [7, 11) is 0. The van der Waals surface area contributed by atoms with Gasteiger partial charge in [-0.05, 0) is 51.5 Å². The molecule has 0 atom stereocenters. The van der Waals surface area contributed by atoms with Crippen molar-refractivity contribution in [2.75, 3.05) is 0 Å². The molecule has 0 unspecified atom stereocenters. The maximum absolute atomic E-state index is 12.6. The van der Waals surface area contributed by atoms with Gasteiger partial charge in [0.05, 0.1) is 17.6 Å². The Morgan fingerprint density at radius 1 is 1.03 bits per heavy atom. The molecule has 0 saturated heterocycles. The fraction of sp³-hybridized carbons (Fsp3) is 0.261. The molecule has 1 N–H and O–H groups in total. The molecule has 0 aliphatic carbocycles. The number of para-hydroxylation sites is 1. The monoisotopic (exact) mass is 400 g/mol. The van der Waals surface area contributed by atoms with E-state index in [0.717, 1.165) is 44.8 Å². The topological polar surface area (TPSA) is 85.6 Å². The third kappa shape index (κ3) is 4.05. The molecule has 4 aromatic rings.